The molecule has 2 rings (SSSR count). The van der Waals surface area contributed by atoms with Gasteiger partial charge in [0.25, 0.3) is 0 Å². The van der Waals surface area contributed by atoms with Gasteiger partial charge in [-0.05, 0) is 26.7 Å². The van der Waals surface area contributed by atoms with Gasteiger partial charge in [0.1, 0.15) is 11.6 Å². The maximum atomic E-state index is 12.2. The van der Waals surface area contributed by atoms with E-state index in [1.165, 1.54) is 4.90 Å². The van der Waals surface area contributed by atoms with Crippen molar-refractivity contribution in [1.29, 1.82) is 5.26 Å². The number of carbonyl (C=O) groups excluding carboxylic acids is 1. The van der Waals surface area contributed by atoms with E-state index in [9.17, 15) is 9.90 Å². The van der Waals surface area contributed by atoms with Crippen LogP contribution in [0.2, 0.25) is 0 Å². The van der Waals surface area contributed by atoms with Gasteiger partial charge in [0.05, 0.1) is 6.10 Å². The molecule has 1 aromatic heterocycles. The highest BCUT2D eigenvalue weighted by Gasteiger charge is 2.27. The van der Waals surface area contributed by atoms with Crippen LogP contribution in [0, 0.1) is 17.2 Å². The molecule has 22 heavy (non-hydrogen) atoms. The predicted octanol–water partition coefficient (Wildman–Crippen LogP) is 1.96. The van der Waals surface area contributed by atoms with Crippen molar-refractivity contribution in [3.63, 3.8) is 0 Å². The summed E-state index contributed by atoms with van der Waals surface area (Å²) in [6, 6.07) is 1.84. The van der Waals surface area contributed by atoms with Crippen LogP contribution in [0.5, 0.6) is 0 Å². The molecule has 1 saturated carbocycles. The third kappa shape index (κ3) is 3.57. The summed E-state index contributed by atoms with van der Waals surface area (Å²) >= 11 is 0. The molecule has 0 spiro atoms. The molecule has 2 N–H and O–H groups in total. The van der Waals surface area contributed by atoms with Gasteiger partial charge in [0, 0.05) is 31.7 Å². The van der Waals surface area contributed by atoms with Crippen molar-refractivity contribution < 1.29 is 9.90 Å². The summed E-state index contributed by atoms with van der Waals surface area (Å²) in [5, 5.41) is 25.9. The molecule has 2 amide bonds. The Morgan fingerprint density at radius 1 is 1.64 bits per heavy atom. The van der Waals surface area contributed by atoms with Gasteiger partial charge in [-0.25, -0.2) is 4.79 Å². The first-order chi connectivity index (χ1) is 10.4. The molecule has 0 bridgehead atoms. The number of urea groups is 1. The summed E-state index contributed by atoms with van der Waals surface area (Å²) in [5.74, 6) is 0.402. The van der Waals surface area contributed by atoms with Crippen LogP contribution in [-0.4, -0.2) is 45.5 Å². The van der Waals surface area contributed by atoms with Crippen molar-refractivity contribution in [2.75, 3.05) is 18.9 Å². The molecule has 1 fully saturated rings. The van der Waals surface area contributed by atoms with E-state index in [1.54, 1.807) is 17.9 Å². The summed E-state index contributed by atoms with van der Waals surface area (Å²) in [5.41, 5.74) is 0.344. The lowest BCUT2D eigenvalue weighted by molar-refractivity contribution is 0.116. The zero-order valence-electron chi connectivity index (χ0n) is 13.3. The number of aromatic nitrogens is 2. The Morgan fingerprint density at radius 3 is 2.91 bits per heavy atom. The maximum Gasteiger partial charge on any atom is 0.322 e. The number of nitrogens with zero attached hydrogens (tertiary/aromatic N) is 4. The molecule has 0 saturated heterocycles. The SMILES string of the molecule is CC(C)n1cc(C#N)c(NC(=O)N(C)CC2CCCC2O)n1. The molecule has 0 aromatic carbocycles. The van der Waals surface area contributed by atoms with Crippen LogP contribution in [0.1, 0.15) is 44.7 Å². The molecular weight excluding hydrogens is 282 g/mol. The second-order valence-corrected chi connectivity index (χ2v) is 6.15. The maximum absolute atomic E-state index is 12.2. The zero-order valence-corrected chi connectivity index (χ0v) is 13.3. The number of rotatable bonds is 4. The lowest BCUT2D eigenvalue weighted by atomic mass is 10.1. The van der Waals surface area contributed by atoms with E-state index < -0.39 is 0 Å². The Balaban J connectivity index is 2.00. The number of anilines is 1. The Hall–Kier alpha value is -2.07. The van der Waals surface area contributed by atoms with E-state index in [4.69, 9.17) is 5.26 Å². The van der Waals surface area contributed by atoms with Crippen LogP contribution in [0.4, 0.5) is 10.6 Å². The van der Waals surface area contributed by atoms with Crippen LogP contribution in [-0.2, 0) is 0 Å². The first-order valence-electron chi connectivity index (χ1n) is 7.61. The highest BCUT2D eigenvalue weighted by molar-refractivity contribution is 5.89. The third-order valence-electron chi connectivity index (χ3n) is 4.08. The van der Waals surface area contributed by atoms with E-state index in [2.05, 4.69) is 10.4 Å². The van der Waals surface area contributed by atoms with Gasteiger partial charge >= 0.3 is 6.03 Å². The Labute approximate surface area is 130 Å². The average molecular weight is 305 g/mol. The van der Waals surface area contributed by atoms with Crippen LogP contribution < -0.4 is 5.32 Å². The van der Waals surface area contributed by atoms with Crippen molar-refractivity contribution >= 4 is 11.8 Å². The molecule has 2 atom stereocenters. The van der Waals surface area contributed by atoms with E-state index in [0.717, 1.165) is 19.3 Å². The van der Waals surface area contributed by atoms with Crippen molar-refractivity contribution in [3.8, 4) is 6.07 Å². The quantitative estimate of drug-likeness (QED) is 0.889. The van der Waals surface area contributed by atoms with E-state index in [-0.39, 0.29) is 29.9 Å². The van der Waals surface area contributed by atoms with Crippen molar-refractivity contribution in [3.05, 3.63) is 11.8 Å². The number of aliphatic hydroxyl groups excluding tert-OH is 1. The van der Waals surface area contributed by atoms with Crippen LogP contribution in [0.25, 0.3) is 0 Å². The minimum Gasteiger partial charge on any atom is -0.393 e. The highest BCUT2D eigenvalue weighted by Crippen LogP contribution is 2.26. The molecule has 0 aliphatic heterocycles. The van der Waals surface area contributed by atoms with Crippen LogP contribution >= 0.6 is 0 Å². The monoisotopic (exact) mass is 305 g/mol. The molecule has 0 radical (unpaired) electrons. The fourth-order valence-electron chi connectivity index (χ4n) is 2.69. The number of carbonyl (C=O) groups is 1. The average Bonchev–Trinajstić information content (AvgIpc) is 3.05. The van der Waals surface area contributed by atoms with Gasteiger partial charge in [-0.15, -0.1) is 0 Å². The van der Waals surface area contributed by atoms with Gasteiger partial charge in [0.15, 0.2) is 5.82 Å². The van der Waals surface area contributed by atoms with Crippen LogP contribution in [0.15, 0.2) is 6.20 Å². The number of amides is 2. The Morgan fingerprint density at radius 2 is 2.36 bits per heavy atom. The molecule has 2 unspecified atom stereocenters. The standard InChI is InChI=1S/C15H23N5O2/c1-10(2)20-9-12(7-16)14(18-20)17-15(22)19(3)8-11-5-4-6-13(11)21/h9-11,13,21H,4-6,8H2,1-3H3,(H,17,18,22). The highest BCUT2D eigenvalue weighted by atomic mass is 16.3. The third-order valence-corrected chi connectivity index (χ3v) is 4.08. The lowest BCUT2D eigenvalue weighted by Gasteiger charge is -2.23. The summed E-state index contributed by atoms with van der Waals surface area (Å²) in [7, 11) is 1.69. The number of hydrogen-bond donors (Lipinski definition) is 2. The summed E-state index contributed by atoms with van der Waals surface area (Å²) in [4.78, 5) is 13.8. The molecule has 1 aliphatic carbocycles. The number of aliphatic hydroxyl groups is 1. The fourth-order valence-corrected chi connectivity index (χ4v) is 2.69. The van der Waals surface area contributed by atoms with Gasteiger partial charge in [-0.1, -0.05) is 6.42 Å². The Bertz CT molecular complexity index is 575. The number of nitriles is 1. The topological polar surface area (TPSA) is 94.2 Å². The number of nitrogens with one attached hydrogen (secondary N) is 1. The van der Waals surface area contributed by atoms with Gasteiger partial charge < -0.3 is 10.0 Å². The lowest BCUT2D eigenvalue weighted by Crippen LogP contribution is -2.37. The molecule has 120 valence electrons. The molecule has 1 aromatic rings. The van der Waals surface area contributed by atoms with Crippen molar-refractivity contribution in [2.24, 2.45) is 5.92 Å². The van der Waals surface area contributed by atoms with E-state index in [1.807, 2.05) is 19.9 Å². The first-order valence-corrected chi connectivity index (χ1v) is 7.61. The van der Waals surface area contributed by atoms with E-state index >= 15 is 0 Å². The number of hydrogen-bond acceptors (Lipinski definition) is 4. The molecular formula is C15H23N5O2. The molecule has 1 aliphatic rings. The van der Waals surface area contributed by atoms with Crippen LogP contribution in [0.3, 0.4) is 0 Å². The van der Waals surface area contributed by atoms with Crippen molar-refractivity contribution in [2.45, 2.75) is 45.3 Å². The van der Waals surface area contributed by atoms with Crippen molar-refractivity contribution in [1.82, 2.24) is 14.7 Å². The smallest absolute Gasteiger partial charge is 0.322 e. The molecule has 1 heterocycles. The molecule has 7 nitrogen and oxygen atoms in total. The Kier molecular flexibility index (Phi) is 5.03. The first kappa shape index (κ1) is 16.3. The predicted molar refractivity (Wildman–Crippen MR) is 82.3 cm³/mol. The van der Waals surface area contributed by atoms with Gasteiger partial charge in [-0.3, -0.25) is 10.00 Å². The zero-order chi connectivity index (χ0) is 16.3. The largest absolute Gasteiger partial charge is 0.393 e. The van der Waals surface area contributed by atoms with E-state index in [0.29, 0.717) is 12.1 Å². The minimum atomic E-state index is -0.329. The second kappa shape index (κ2) is 6.79. The molecule has 7 heteroatoms. The van der Waals surface area contributed by atoms with Gasteiger partial charge in [0.2, 0.25) is 0 Å². The fraction of sp³-hybridized carbons (Fsp3) is 0.667. The minimum absolute atomic E-state index is 0.115. The second-order valence-electron chi connectivity index (χ2n) is 6.15. The normalized spacial score (nSPS) is 20.9. The van der Waals surface area contributed by atoms with Gasteiger partial charge in [-0.2, -0.15) is 10.4 Å². The summed E-state index contributed by atoms with van der Waals surface area (Å²) in [6.45, 7) is 4.40. The summed E-state index contributed by atoms with van der Waals surface area (Å²) < 4.78 is 1.65. The summed E-state index contributed by atoms with van der Waals surface area (Å²) in [6.07, 6.45) is 4.03.